The summed E-state index contributed by atoms with van der Waals surface area (Å²) in [4.78, 5) is 31.5. The molecule has 2 aliphatic heterocycles. The molecule has 5 heterocycles. The molecule has 0 saturated carbocycles. The molecular weight excluding hydrogens is 408 g/mol. The van der Waals surface area contributed by atoms with Gasteiger partial charge in [-0.2, -0.15) is 4.98 Å². The van der Waals surface area contributed by atoms with Gasteiger partial charge in [-0.15, -0.1) is 0 Å². The van der Waals surface area contributed by atoms with Gasteiger partial charge in [0.15, 0.2) is 0 Å². The summed E-state index contributed by atoms with van der Waals surface area (Å²) in [6, 6.07) is 3.81. The maximum atomic E-state index is 12.7. The van der Waals surface area contributed by atoms with Crippen molar-refractivity contribution in [3.63, 3.8) is 0 Å². The number of nitrogens with zero attached hydrogens (tertiary/aromatic N) is 6. The molecule has 32 heavy (non-hydrogen) atoms. The van der Waals surface area contributed by atoms with E-state index >= 15 is 0 Å². The van der Waals surface area contributed by atoms with E-state index in [0.717, 1.165) is 57.4 Å². The highest BCUT2D eigenvalue weighted by atomic mass is 16.5. The normalized spacial score (nSPS) is 20.4. The lowest BCUT2D eigenvalue weighted by molar-refractivity contribution is -0.146. The Morgan fingerprint density at radius 2 is 2.03 bits per heavy atom. The van der Waals surface area contributed by atoms with Gasteiger partial charge in [-0.3, -0.25) is 14.8 Å². The predicted octanol–water partition coefficient (Wildman–Crippen LogP) is 2.49. The molecule has 0 N–H and O–H groups in total. The summed E-state index contributed by atoms with van der Waals surface area (Å²) in [5, 5.41) is 4.05. The number of hydrogen-bond acceptors (Lipinski definition) is 8. The van der Waals surface area contributed by atoms with Gasteiger partial charge in [-0.05, 0) is 43.2 Å². The van der Waals surface area contributed by atoms with Crippen LogP contribution >= 0.6 is 0 Å². The number of amides is 1. The number of carbonyl (C=O) groups is 1. The van der Waals surface area contributed by atoms with Crippen LogP contribution in [0.4, 0.5) is 0 Å². The maximum absolute atomic E-state index is 12.7. The van der Waals surface area contributed by atoms with Gasteiger partial charge < -0.3 is 14.2 Å². The lowest BCUT2D eigenvalue weighted by atomic mass is 9.78. The van der Waals surface area contributed by atoms with E-state index in [9.17, 15) is 4.79 Å². The molecule has 9 heteroatoms. The van der Waals surface area contributed by atoms with Crippen molar-refractivity contribution in [2.75, 3.05) is 19.7 Å². The number of carbonyl (C=O) groups excluding carboxylic acids is 1. The zero-order valence-corrected chi connectivity index (χ0v) is 17.9. The Labute approximate surface area is 186 Å². The molecule has 2 aliphatic rings. The molecule has 1 atom stereocenters. The Morgan fingerprint density at radius 3 is 2.81 bits per heavy atom. The molecule has 0 aliphatic carbocycles. The van der Waals surface area contributed by atoms with Crippen LogP contribution in [0.2, 0.25) is 0 Å². The molecule has 1 unspecified atom stereocenters. The summed E-state index contributed by atoms with van der Waals surface area (Å²) in [7, 11) is 0. The van der Waals surface area contributed by atoms with Crippen LogP contribution in [-0.2, 0) is 22.4 Å². The third kappa shape index (κ3) is 4.67. The monoisotopic (exact) mass is 434 g/mol. The average Bonchev–Trinajstić information content (AvgIpc) is 3.29. The van der Waals surface area contributed by atoms with Crippen LogP contribution in [0.5, 0.6) is 0 Å². The topological polar surface area (TPSA) is 107 Å². The number of rotatable bonds is 5. The van der Waals surface area contributed by atoms with E-state index in [0.29, 0.717) is 29.7 Å². The van der Waals surface area contributed by atoms with Gasteiger partial charge in [-0.1, -0.05) is 11.2 Å². The molecule has 166 valence electrons. The first-order valence-electron chi connectivity index (χ1n) is 11.1. The van der Waals surface area contributed by atoms with Crippen molar-refractivity contribution in [2.45, 2.75) is 44.1 Å². The third-order valence-corrected chi connectivity index (χ3v) is 6.42. The van der Waals surface area contributed by atoms with Crippen molar-refractivity contribution in [1.29, 1.82) is 0 Å². The molecule has 1 spiro atoms. The van der Waals surface area contributed by atoms with E-state index in [4.69, 9.17) is 9.26 Å². The van der Waals surface area contributed by atoms with Gasteiger partial charge in [0.25, 0.3) is 0 Å². The zero-order chi connectivity index (χ0) is 21.8. The smallest absolute Gasteiger partial charge is 0.227 e. The Kier molecular flexibility index (Phi) is 5.89. The number of pyridine rings is 1. The Balaban J connectivity index is 1.16. The average molecular weight is 435 g/mol. The van der Waals surface area contributed by atoms with Crippen molar-refractivity contribution in [3.8, 4) is 11.5 Å². The summed E-state index contributed by atoms with van der Waals surface area (Å²) in [6.45, 7) is 2.17. The van der Waals surface area contributed by atoms with Crippen LogP contribution in [-0.4, -0.2) is 61.2 Å². The first kappa shape index (κ1) is 20.7. The van der Waals surface area contributed by atoms with E-state index in [1.807, 2.05) is 17.0 Å². The standard InChI is InChI=1S/C23H26N6O3/c30-21(13-18-2-1-6-24-15-18)29-9-4-23(5-10-29)14-17(3-11-31-23)12-20-27-22(28-32-20)19-16-25-7-8-26-19/h1-2,6-8,15-17H,3-5,9-14H2. The van der Waals surface area contributed by atoms with E-state index in [1.54, 1.807) is 31.0 Å². The van der Waals surface area contributed by atoms with Gasteiger partial charge in [-0.25, -0.2) is 4.98 Å². The van der Waals surface area contributed by atoms with Gasteiger partial charge in [0.05, 0.1) is 18.2 Å². The summed E-state index contributed by atoms with van der Waals surface area (Å²) >= 11 is 0. The molecule has 0 radical (unpaired) electrons. The Morgan fingerprint density at radius 1 is 1.16 bits per heavy atom. The Bertz CT molecular complexity index is 1030. The van der Waals surface area contributed by atoms with Gasteiger partial charge in [0.2, 0.25) is 17.6 Å². The fraction of sp³-hybridized carbons (Fsp3) is 0.478. The molecule has 1 amide bonds. The molecule has 5 rings (SSSR count). The van der Waals surface area contributed by atoms with Gasteiger partial charge in [0.1, 0.15) is 5.69 Å². The van der Waals surface area contributed by atoms with E-state index < -0.39 is 0 Å². The summed E-state index contributed by atoms with van der Waals surface area (Å²) < 4.78 is 11.7. The SMILES string of the molecule is O=C(Cc1cccnc1)N1CCC2(CC1)CC(Cc1nc(-c3cnccn3)no1)CCO2. The van der Waals surface area contributed by atoms with Crippen LogP contribution in [0.1, 0.15) is 37.1 Å². The van der Waals surface area contributed by atoms with Crippen molar-refractivity contribution >= 4 is 5.91 Å². The summed E-state index contributed by atoms with van der Waals surface area (Å²) in [5.41, 5.74) is 1.39. The largest absolute Gasteiger partial charge is 0.375 e. The van der Waals surface area contributed by atoms with Gasteiger partial charge >= 0.3 is 0 Å². The van der Waals surface area contributed by atoms with Crippen LogP contribution in [0.3, 0.4) is 0 Å². The molecule has 2 fully saturated rings. The van der Waals surface area contributed by atoms with Crippen molar-refractivity contribution in [2.24, 2.45) is 5.92 Å². The maximum Gasteiger partial charge on any atom is 0.227 e. The molecule has 0 aromatic carbocycles. The highest BCUT2D eigenvalue weighted by molar-refractivity contribution is 5.78. The fourth-order valence-corrected chi connectivity index (χ4v) is 4.71. The van der Waals surface area contributed by atoms with E-state index in [2.05, 4.69) is 25.1 Å². The van der Waals surface area contributed by atoms with Crippen LogP contribution in [0.15, 0.2) is 47.6 Å². The first-order chi connectivity index (χ1) is 15.7. The first-order valence-corrected chi connectivity index (χ1v) is 11.1. The quantitative estimate of drug-likeness (QED) is 0.603. The molecule has 0 bridgehead atoms. The van der Waals surface area contributed by atoms with Crippen LogP contribution in [0, 0.1) is 5.92 Å². The summed E-state index contributed by atoms with van der Waals surface area (Å²) in [5.74, 6) is 1.66. The minimum absolute atomic E-state index is 0.155. The van der Waals surface area contributed by atoms with E-state index in [1.165, 1.54) is 0 Å². The molecule has 9 nitrogen and oxygen atoms in total. The fourth-order valence-electron chi connectivity index (χ4n) is 4.71. The minimum atomic E-state index is -0.165. The lowest BCUT2D eigenvalue weighted by Crippen LogP contribution is -2.51. The van der Waals surface area contributed by atoms with E-state index in [-0.39, 0.29) is 11.5 Å². The summed E-state index contributed by atoms with van der Waals surface area (Å²) in [6.07, 6.45) is 13.1. The highest BCUT2D eigenvalue weighted by Crippen LogP contribution is 2.38. The second-order valence-corrected chi connectivity index (χ2v) is 8.62. The zero-order valence-electron chi connectivity index (χ0n) is 17.9. The van der Waals surface area contributed by atoms with Crippen molar-refractivity contribution in [3.05, 3.63) is 54.6 Å². The minimum Gasteiger partial charge on any atom is -0.375 e. The predicted molar refractivity (Wildman–Crippen MR) is 114 cm³/mol. The number of likely N-dealkylation sites (tertiary alicyclic amines) is 1. The number of piperidine rings is 1. The van der Waals surface area contributed by atoms with Crippen molar-refractivity contribution in [1.82, 2.24) is 30.0 Å². The van der Waals surface area contributed by atoms with Crippen LogP contribution < -0.4 is 0 Å². The molecule has 3 aromatic rings. The highest BCUT2D eigenvalue weighted by Gasteiger charge is 2.41. The molecule has 3 aromatic heterocycles. The third-order valence-electron chi connectivity index (χ3n) is 6.42. The lowest BCUT2D eigenvalue weighted by Gasteiger charge is -2.46. The van der Waals surface area contributed by atoms with Crippen molar-refractivity contribution < 1.29 is 14.1 Å². The number of ether oxygens (including phenoxy) is 1. The Hall–Kier alpha value is -3.20. The number of aromatic nitrogens is 5. The second kappa shape index (κ2) is 9.12. The second-order valence-electron chi connectivity index (χ2n) is 8.62. The molecular formula is C23H26N6O3. The van der Waals surface area contributed by atoms with Gasteiger partial charge in [0, 0.05) is 50.9 Å². The molecule has 2 saturated heterocycles. The number of hydrogen-bond donors (Lipinski definition) is 0. The van der Waals surface area contributed by atoms with Crippen LogP contribution in [0.25, 0.3) is 11.5 Å².